The number of aromatic nitrogens is 3. The van der Waals surface area contributed by atoms with E-state index in [0.717, 1.165) is 22.4 Å². The van der Waals surface area contributed by atoms with Crippen LogP contribution in [0.1, 0.15) is 11.1 Å². The highest BCUT2D eigenvalue weighted by Gasteiger charge is 2.19. The molecule has 0 fully saturated rings. The van der Waals surface area contributed by atoms with E-state index in [1.165, 1.54) is 0 Å². The number of rotatable bonds is 7. The van der Waals surface area contributed by atoms with Crippen LogP contribution >= 0.6 is 0 Å². The number of hydrogen-bond donors (Lipinski definition) is 0. The third kappa shape index (κ3) is 4.40. The molecule has 0 aliphatic rings. The first-order chi connectivity index (χ1) is 15.2. The molecule has 7 nitrogen and oxygen atoms in total. The molecular weight excluding hydrogens is 394 g/mol. The van der Waals surface area contributed by atoms with Gasteiger partial charge in [-0.15, -0.1) is 10.2 Å². The van der Waals surface area contributed by atoms with Crippen LogP contribution in [0.5, 0.6) is 17.2 Å². The molecule has 0 spiro atoms. The molecule has 2 aromatic heterocycles. The highest BCUT2D eigenvalue weighted by atomic mass is 16.5. The number of nitrogens with zero attached hydrogens (tertiary/aromatic N) is 3. The predicted molar refractivity (Wildman–Crippen MR) is 118 cm³/mol. The Morgan fingerprint density at radius 3 is 2.13 bits per heavy atom. The summed E-state index contributed by atoms with van der Waals surface area (Å²) < 4.78 is 22.2. The Hall–Kier alpha value is -4.13. The molecule has 0 bridgehead atoms. The molecule has 31 heavy (non-hydrogen) atoms. The van der Waals surface area contributed by atoms with Crippen molar-refractivity contribution in [2.75, 3.05) is 21.3 Å². The summed E-state index contributed by atoms with van der Waals surface area (Å²) in [4.78, 5) is 4.02. The van der Waals surface area contributed by atoms with Crippen LogP contribution in [-0.2, 0) is 0 Å². The van der Waals surface area contributed by atoms with Crippen LogP contribution in [0.3, 0.4) is 0 Å². The summed E-state index contributed by atoms with van der Waals surface area (Å²) in [5.74, 6) is 2.78. The van der Waals surface area contributed by atoms with Crippen LogP contribution < -0.4 is 14.2 Å². The summed E-state index contributed by atoms with van der Waals surface area (Å²) in [5, 5.41) is 8.45. The fourth-order valence-electron chi connectivity index (χ4n) is 3.09. The Kier molecular flexibility index (Phi) is 5.93. The van der Waals surface area contributed by atoms with Gasteiger partial charge in [-0.1, -0.05) is 24.3 Å². The van der Waals surface area contributed by atoms with Gasteiger partial charge in [0.1, 0.15) is 17.2 Å². The molecule has 0 aliphatic heterocycles. The third-order valence-corrected chi connectivity index (χ3v) is 4.70. The number of ether oxygens (including phenoxy) is 3. The Bertz CT molecular complexity index is 1190. The molecule has 7 heteroatoms. The maximum atomic E-state index is 5.97. The van der Waals surface area contributed by atoms with Crippen LogP contribution in [0, 0.1) is 0 Å². The molecule has 0 N–H and O–H groups in total. The lowest BCUT2D eigenvalue weighted by Crippen LogP contribution is -1.94. The first-order valence-corrected chi connectivity index (χ1v) is 9.54. The van der Waals surface area contributed by atoms with Gasteiger partial charge >= 0.3 is 0 Å². The molecule has 0 amide bonds. The minimum atomic E-state index is 0.348. The van der Waals surface area contributed by atoms with Gasteiger partial charge in [0.05, 0.1) is 26.9 Å². The Labute approximate surface area is 180 Å². The number of hydrogen-bond acceptors (Lipinski definition) is 7. The minimum absolute atomic E-state index is 0.348. The molecule has 0 radical (unpaired) electrons. The van der Waals surface area contributed by atoms with Gasteiger partial charge < -0.3 is 18.6 Å². The molecular formula is C24H21N3O4. The SMILES string of the molecule is COc1ccc(/C=C/c2cc(OC)cc(OC)c2-c2nnc(-c3ccncc3)o2)cc1. The van der Waals surface area contributed by atoms with Crippen LogP contribution in [0.15, 0.2) is 65.3 Å². The number of benzene rings is 2. The van der Waals surface area contributed by atoms with Crippen LogP contribution in [-0.4, -0.2) is 36.5 Å². The smallest absolute Gasteiger partial charge is 0.252 e. The normalized spacial score (nSPS) is 10.9. The molecule has 156 valence electrons. The van der Waals surface area contributed by atoms with E-state index in [4.69, 9.17) is 18.6 Å². The fourth-order valence-corrected chi connectivity index (χ4v) is 3.09. The topological polar surface area (TPSA) is 79.5 Å². The lowest BCUT2D eigenvalue weighted by molar-refractivity contribution is 0.394. The zero-order valence-electron chi connectivity index (χ0n) is 17.4. The first kappa shape index (κ1) is 20.2. The summed E-state index contributed by atoms with van der Waals surface area (Å²) in [5.41, 5.74) is 3.30. The van der Waals surface area contributed by atoms with Crippen molar-refractivity contribution in [1.29, 1.82) is 0 Å². The standard InChI is InChI=1S/C24H21N3O4/c1-28-19-8-5-16(6-9-19)4-7-18-14-20(29-2)15-21(30-3)22(18)24-27-26-23(31-24)17-10-12-25-13-11-17/h4-15H,1-3H3/b7-4+. The number of pyridine rings is 1. The van der Waals surface area contributed by atoms with Gasteiger partial charge in [0.25, 0.3) is 5.89 Å². The lowest BCUT2D eigenvalue weighted by atomic mass is 10.0. The van der Waals surface area contributed by atoms with E-state index in [0.29, 0.717) is 28.8 Å². The summed E-state index contributed by atoms with van der Waals surface area (Å²) >= 11 is 0. The largest absolute Gasteiger partial charge is 0.497 e. The van der Waals surface area contributed by atoms with Crippen molar-refractivity contribution >= 4 is 12.2 Å². The quantitative estimate of drug-likeness (QED) is 0.393. The van der Waals surface area contributed by atoms with E-state index in [1.807, 2.05) is 54.6 Å². The van der Waals surface area contributed by atoms with E-state index in [-0.39, 0.29) is 0 Å². The van der Waals surface area contributed by atoms with Crippen molar-refractivity contribution in [1.82, 2.24) is 15.2 Å². The Balaban J connectivity index is 1.77. The second kappa shape index (κ2) is 9.13. The van der Waals surface area contributed by atoms with E-state index in [1.54, 1.807) is 39.8 Å². The van der Waals surface area contributed by atoms with Crippen molar-refractivity contribution < 1.29 is 18.6 Å². The van der Waals surface area contributed by atoms with Crippen molar-refractivity contribution in [3.05, 3.63) is 72.1 Å². The zero-order chi connectivity index (χ0) is 21.6. The van der Waals surface area contributed by atoms with Gasteiger partial charge in [-0.2, -0.15) is 0 Å². The molecule has 0 unspecified atom stereocenters. The van der Waals surface area contributed by atoms with Crippen molar-refractivity contribution in [3.8, 4) is 40.2 Å². The molecule has 0 saturated carbocycles. The molecule has 0 saturated heterocycles. The van der Waals surface area contributed by atoms with Crippen LogP contribution in [0.2, 0.25) is 0 Å². The second-order valence-corrected chi connectivity index (χ2v) is 6.55. The highest BCUT2D eigenvalue weighted by Crippen LogP contribution is 2.38. The van der Waals surface area contributed by atoms with Gasteiger partial charge in [-0.05, 0) is 41.5 Å². The van der Waals surface area contributed by atoms with Gasteiger partial charge in [0, 0.05) is 24.0 Å². The maximum absolute atomic E-state index is 5.97. The summed E-state index contributed by atoms with van der Waals surface area (Å²) in [7, 11) is 4.85. The average Bonchev–Trinajstić information content (AvgIpc) is 3.32. The van der Waals surface area contributed by atoms with Crippen LogP contribution in [0.25, 0.3) is 35.1 Å². The summed E-state index contributed by atoms with van der Waals surface area (Å²) in [6.45, 7) is 0. The van der Waals surface area contributed by atoms with E-state index in [9.17, 15) is 0 Å². The van der Waals surface area contributed by atoms with Crippen molar-refractivity contribution in [2.45, 2.75) is 0 Å². The highest BCUT2D eigenvalue weighted by molar-refractivity contribution is 5.83. The predicted octanol–water partition coefficient (Wildman–Crippen LogP) is 4.99. The van der Waals surface area contributed by atoms with Crippen LogP contribution in [0.4, 0.5) is 0 Å². The van der Waals surface area contributed by atoms with Gasteiger partial charge in [0.2, 0.25) is 5.89 Å². The molecule has 4 rings (SSSR count). The monoisotopic (exact) mass is 415 g/mol. The van der Waals surface area contributed by atoms with Gasteiger partial charge in [0.15, 0.2) is 0 Å². The summed E-state index contributed by atoms with van der Waals surface area (Å²) in [6, 6.07) is 15.1. The second-order valence-electron chi connectivity index (χ2n) is 6.55. The molecule has 0 atom stereocenters. The Morgan fingerprint density at radius 1 is 0.742 bits per heavy atom. The molecule has 0 aliphatic carbocycles. The van der Waals surface area contributed by atoms with E-state index < -0.39 is 0 Å². The number of methoxy groups -OCH3 is 3. The first-order valence-electron chi connectivity index (χ1n) is 9.54. The van der Waals surface area contributed by atoms with Gasteiger partial charge in [-0.25, -0.2) is 0 Å². The van der Waals surface area contributed by atoms with Gasteiger partial charge in [-0.3, -0.25) is 4.98 Å². The zero-order valence-corrected chi connectivity index (χ0v) is 17.4. The van der Waals surface area contributed by atoms with E-state index in [2.05, 4.69) is 15.2 Å². The third-order valence-electron chi connectivity index (χ3n) is 4.70. The fraction of sp³-hybridized carbons (Fsp3) is 0.125. The van der Waals surface area contributed by atoms with Crippen molar-refractivity contribution in [3.63, 3.8) is 0 Å². The molecule has 2 heterocycles. The maximum Gasteiger partial charge on any atom is 0.252 e. The molecule has 4 aromatic rings. The molecule has 2 aromatic carbocycles. The minimum Gasteiger partial charge on any atom is -0.497 e. The summed E-state index contributed by atoms with van der Waals surface area (Å²) in [6.07, 6.45) is 7.29. The average molecular weight is 415 g/mol. The van der Waals surface area contributed by atoms with Crippen molar-refractivity contribution in [2.24, 2.45) is 0 Å². The van der Waals surface area contributed by atoms with E-state index >= 15 is 0 Å². The lowest BCUT2D eigenvalue weighted by Gasteiger charge is -2.11. The Morgan fingerprint density at radius 2 is 1.45 bits per heavy atom.